The van der Waals surface area contributed by atoms with Gasteiger partial charge in [0.15, 0.2) is 0 Å². The quantitative estimate of drug-likeness (QED) is 0.801. The van der Waals surface area contributed by atoms with Crippen LogP contribution < -0.4 is 0 Å². The van der Waals surface area contributed by atoms with Crippen molar-refractivity contribution in [1.29, 1.82) is 0 Å². The predicted octanol–water partition coefficient (Wildman–Crippen LogP) is 1.63. The Balaban J connectivity index is 1.93. The first-order chi connectivity index (χ1) is 10.5. The minimum absolute atomic E-state index is 0.156. The fraction of sp³-hybridized carbons (Fsp3) is 0.571. The molecule has 1 aromatic rings. The summed E-state index contributed by atoms with van der Waals surface area (Å²) < 4.78 is 69.7. The third-order valence-electron chi connectivity index (χ3n) is 4.17. The molecule has 1 aromatic carbocycles. The smallest absolute Gasteiger partial charge is 0.282 e. The van der Waals surface area contributed by atoms with Crippen molar-refractivity contribution in [3.05, 3.63) is 29.8 Å². The molecule has 0 unspecified atom stereocenters. The van der Waals surface area contributed by atoms with E-state index in [-0.39, 0.29) is 37.2 Å². The van der Waals surface area contributed by atoms with E-state index in [0.717, 1.165) is 11.8 Å². The van der Waals surface area contributed by atoms with Crippen LogP contribution in [0.4, 0.5) is 4.39 Å². The minimum atomic E-state index is -4.22. The number of rotatable bonds is 5. The largest absolute Gasteiger partial charge is 0.294 e. The number of hydrogen-bond acceptors (Lipinski definition) is 4. The summed E-state index contributed by atoms with van der Waals surface area (Å²) in [7, 11) is -7.50. The lowest BCUT2D eigenvalue weighted by atomic mass is 9.88. The molecule has 9 heteroatoms. The fourth-order valence-electron chi connectivity index (χ4n) is 2.67. The zero-order valence-corrected chi connectivity index (χ0v) is 14.4. The molecule has 1 fully saturated rings. The molecule has 1 heterocycles. The molecule has 0 aromatic heterocycles. The Morgan fingerprint density at radius 2 is 1.65 bits per heavy atom. The van der Waals surface area contributed by atoms with Gasteiger partial charge < -0.3 is 0 Å². The lowest BCUT2D eigenvalue weighted by Crippen LogP contribution is -2.44. The van der Waals surface area contributed by atoms with Crippen LogP contribution in [0, 0.1) is 0 Å². The van der Waals surface area contributed by atoms with Gasteiger partial charge in [0.1, 0.15) is 5.67 Å². The first kappa shape index (κ1) is 18.3. The molecule has 1 aliphatic rings. The molecule has 1 aliphatic heterocycles. The summed E-state index contributed by atoms with van der Waals surface area (Å²) in [5, 5.41) is 0. The van der Waals surface area contributed by atoms with Crippen molar-refractivity contribution >= 4 is 20.1 Å². The minimum Gasteiger partial charge on any atom is -0.282 e. The van der Waals surface area contributed by atoms with Crippen LogP contribution in [0.5, 0.6) is 0 Å². The van der Waals surface area contributed by atoms with Crippen LogP contribution in [0.15, 0.2) is 29.2 Å². The maximum Gasteiger partial charge on any atom is 0.294 e. The first-order valence-electron chi connectivity index (χ1n) is 7.20. The topological polar surface area (TPSA) is 91.8 Å². The lowest BCUT2D eigenvalue weighted by molar-refractivity contribution is 0.0799. The molecule has 0 spiro atoms. The molecule has 0 radical (unpaired) electrons. The van der Waals surface area contributed by atoms with E-state index in [1.54, 1.807) is 0 Å². The molecular formula is C14H20FNO5S2. The van der Waals surface area contributed by atoms with Crippen molar-refractivity contribution in [3.63, 3.8) is 0 Å². The van der Waals surface area contributed by atoms with Crippen molar-refractivity contribution in [2.45, 2.75) is 36.2 Å². The van der Waals surface area contributed by atoms with Crippen LogP contribution in [0.1, 0.15) is 24.8 Å². The highest BCUT2D eigenvalue weighted by molar-refractivity contribution is 7.88. The van der Waals surface area contributed by atoms with Gasteiger partial charge in [-0.1, -0.05) is 12.1 Å². The molecule has 0 amide bonds. The first-order valence-corrected chi connectivity index (χ1v) is 10.5. The Labute approximate surface area is 136 Å². The molecule has 1 saturated heterocycles. The van der Waals surface area contributed by atoms with Crippen LogP contribution in [0.25, 0.3) is 0 Å². The third-order valence-corrected chi connectivity index (χ3v) is 6.34. The molecule has 0 saturated carbocycles. The number of sulfonamides is 1. The SMILES string of the molecule is CS(=O)(=O)N1CCC(F)(CCc2ccc(S(=O)(=O)O)cc2)CC1. The monoisotopic (exact) mass is 365 g/mol. The van der Waals surface area contributed by atoms with E-state index in [4.69, 9.17) is 4.55 Å². The lowest BCUT2D eigenvalue weighted by Gasteiger charge is -2.35. The van der Waals surface area contributed by atoms with E-state index in [1.165, 1.54) is 28.6 Å². The van der Waals surface area contributed by atoms with E-state index in [2.05, 4.69) is 0 Å². The summed E-state index contributed by atoms with van der Waals surface area (Å²) in [6, 6.07) is 5.64. The van der Waals surface area contributed by atoms with Gasteiger partial charge in [0.05, 0.1) is 11.2 Å². The standard InChI is InChI=1S/C14H20FNO5S2/c1-22(17,18)16-10-8-14(15,9-11-16)7-6-12-2-4-13(5-3-12)23(19,20)21/h2-5H,6-11H2,1H3,(H,19,20,21). The number of piperidine rings is 1. The van der Waals surface area contributed by atoms with Gasteiger partial charge in [0, 0.05) is 13.1 Å². The van der Waals surface area contributed by atoms with E-state index in [9.17, 15) is 21.2 Å². The Kier molecular flexibility index (Phi) is 5.15. The van der Waals surface area contributed by atoms with Crippen molar-refractivity contribution in [3.8, 4) is 0 Å². The van der Waals surface area contributed by atoms with Crippen molar-refractivity contribution in [2.24, 2.45) is 0 Å². The fourth-order valence-corrected chi connectivity index (χ4v) is 3.99. The van der Waals surface area contributed by atoms with E-state index in [0.29, 0.717) is 6.42 Å². The second-order valence-corrected chi connectivity index (χ2v) is 9.34. The molecule has 130 valence electrons. The summed E-state index contributed by atoms with van der Waals surface area (Å²) in [5.41, 5.74) is -0.650. The summed E-state index contributed by atoms with van der Waals surface area (Å²) >= 11 is 0. The zero-order chi connectivity index (χ0) is 17.3. The third kappa shape index (κ3) is 4.97. The normalized spacial score (nSPS) is 19.6. The second kappa shape index (κ2) is 6.46. The average molecular weight is 365 g/mol. The van der Waals surface area contributed by atoms with Gasteiger partial charge in [-0.3, -0.25) is 4.55 Å². The van der Waals surface area contributed by atoms with Crippen LogP contribution in [-0.4, -0.2) is 50.7 Å². The van der Waals surface area contributed by atoms with Gasteiger partial charge in [-0.05, 0) is 43.4 Å². The van der Waals surface area contributed by atoms with Gasteiger partial charge in [0.25, 0.3) is 10.1 Å². The van der Waals surface area contributed by atoms with Crippen molar-refractivity contribution < 1.29 is 25.8 Å². The van der Waals surface area contributed by atoms with Crippen LogP contribution >= 0.6 is 0 Å². The Morgan fingerprint density at radius 1 is 1.13 bits per heavy atom. The van der Waals surface area contributed by atoms with Crippen molar-refractivity contribution in [1.82, 2.24) is 4.31 Å². The highest BCUT2D eigenvalue weighted by Gasteiger charge is 2.36. The molecule has 23 heavy (non-hydrogen) atoms. The summed E-state index contributed by atoms with van der Waals surface area (Å²) in [6.07, 6.45) is 2.10. The summed E-state index contributed by atoms with van der Waals surface area (Å²) in [6.45, 7) is 0.355. The number of nitrogens with zero attached hydrogens (tertiary/aromatic N) is 1. The second-order valence-electron chi connectivity index (χ2n) is 5.93. The number of benzene rings is 1. The van der Waals surface area contributed by atoms with E-state index >= 15 is 0 Å². The van der Waals surface area contributed by atoms with E-state index in [1.807, 2.05) is 0 Å². The molecule has 1 N–H and O–H groups in total. The predicted molar refractivity (Wildman–Crippen MR) is 84.1 cm³/mol. The van der Waals surface area contributed by atoms with Gasteiger partial charge in [-0.15, -0.1) is 0 Å². The van der Waals surface area contributed by atoms with Crippen molar-refractivity contribution in [2.75, 3.05) is 19.3 Å². The van der Waals surface area contributed by atoms with Crippen LogP contribution in [-0.2, 0) is 26.6 Å². The van der Waals surface area contributed by atoms with Crippen LogP contribution in [0.2, 0.25) is 0 Å². The Morgan fingerprint density at radius 3 is 2.09 bits per heavy atom. The van der Waals surface area contributed by atoms with E-state index < -0.39 is 25.8 Å². The highest BCUT2D eigenvalue weighted by Crippen LogP contribution is 2.32. The number of aryl methyl sites for hydroxylation is 1. The van der Waals surface area contributed by atoms with Gasteiger partial charge in [0.2, 0.25) is 10.0 Å². The number of alkyl halides is 1. The molecular weight excluding hydrogens is 345 g/mol. The Bertz CT molecular complexity index is 751. The van der Waals surface area contributed by atoms with Crippen LogP contribution in [0.3, 0.4) is 0 Å². The summed E-state index contributed by atoms with van der Waals surface area (Å²) in [4.78, 5) is -0.197. The van der Waals surface area contributed by atoms with Gasteiger partial charge in [-0.2, -0.15) is 8.42 Å². The molecule has 6 nitrogen and oxygen atoms in total. The Hall–Kier alpha value is -1.03. The molecule has 0 atom stereocenters. The van der Waals surface area contributed by atoms with Gasteiger partial charge >= 0.3 is 0 Å². The number of halogens is 1. The molecule has 2 rings (SSSR count). The maximum absolute atomic E-state index is 14.7. The average Bonchev–Trinajstić information content (AvgIpc) is 2.44. The zero-order valence-electron chi connectivity index (χ0n) is 12.8. The maximum atomic E-state index is 14.7. The van der Waals surface area contributed by atoms with Gasteiger partial charge in [-0.25, -0.2) is 17.1 Å². The molecule has 0 bridgehead atoms. The highest BCUT2D eigenvalue weighted by atomic mass is 32.2. The number of hydrogen-bond donors (Lipinski definition) is 1. The molecule has 0 aliphatic carbocycles. The summed E-state index contributed by atoms with van der Waals surface area (Å²) in [5.74, 6) is 0.